The van der Waals surface area contributed by atoms with Crippen molar-refractivity contribution >= 4 is 15.9 Å². The highest BCUT2D eigenvalue weighted by Crippen LogP contribution is 2.29. The summed E-state index contributed by atoms with van der Waals surface area (Å²) < 4.78 is 11.5. The summed E-state index contributed by atoms with van der Waals surface area (Å²) in [7, 11) is 0. The van der Waals surface area contributed by atoms with Crippen LogP contribution in [-0.2, 0) is 0 Å². The number of furan rings is 2. The molecule has 15 heavy (non-hydrogen) atoms. The maximum Gasteiger partial charge on any atom is 0.140 e. The quantitative estimate of drug-likeness (QED) is 0.665. The fraction of sp³-hybridized carbons (Fsp3) is 0.200. The molecular weight excluding hydrogens is 260 g/mol. The highest BCUT2D eigenvalue weighted by Gasteiger charge is 2.20. The number of hydrazine groups is 1. The number of halogens is 1. The van der Waals surface area contributed by atoms with Crippen molar-refractivity contribution in [3.63, 3.8) is 0 Å². The molecule has 0 aliphatic rings. The predicted molar refractivity (Wildman–Crippen MR) is 59.0 cm³/mol. The van der Waals surface area contributed by atoms with E-state index in [1.54, 1.807) is 12.5 Å². The SMILES string of the molecule is Cc1cc(C(NN)c2occc2Br)co1. The van der Waals surface area contributed by atoms with Crippen LogP contribution in [0.3, 0.4) is 0 Å². The molecule has 2 rings (SSSR count). The lowest BCUT2D eigenvalue weighted by Crippen LogP contribution is -2.28. The lowest BCUT2D eigenvalue weighted by molar-refractivity contribution is 0.446. The summed E-state index contributed by atoms with van der Waals surface area (Å²) in [6.07, 6.45) is 3.27. The molecule has 0 fully saturated rings. The van der Waals surface area contributed by atoms with Crippen molar-refractivity contribution in [3.05, 3.63) is 46.2 Å². The summed E-state index contributed by atoms with van der Waals surface area (Å²) in [5.74, 6) is 7.08. The molecule has 5 heteroatoms. The topological polar surface area (TPSA) is 64.3 Å². The van der Waals surface area contributed by atoms with Gasteiger partial charge in [0.2, 0.25) is 0 Å². The first-order chi connectivity index (χ1) is 7.22. The number of hydrogen-bond acceptors (Lipinski definition) is 4. The maximum absolute atomic E-state index is 5.50. The number of rotatable bonds is 3. The van der Waals surface area contributed by atoms with E-state index >= 15 is 0 Å². The molecule has 0 spiro atoms. The maximum atomic E-state index is 5.50. The summed E-state index contributed by atoms with van der Waals surface area (Å²) in [5, 5.41) is 0. The number of nitrogens with one attached hydrogen (secondary N) is 1. The molecule has 0 aromatic carbocycles. The summed E-state index contributed by atoms with van der Waals surface area (Å²) in [6, 6.07) is 3.54. The molecule has 0 saturated heterocycles. The van der Waals surface area contributed by atoms with Gasteiger partial charge < -0.3 is 8.83 Å². The van der Waals surface area contributed by atoms with Crippen LogP contribution in [0.25, 0.3) is 0 Å². The molecule has 0 saturated carbocycles. The summed E-state index contributed by atoms with van der Waals surface area (Å²) in [4.78, 5) is 0. The van der Waals surface area contributed by atoms with Crippen LogP contribution in [0.15, 0.2) is 38.0 Å². The Morgan fingerprint density at radius 1 is 1.47 bits per heavy atom. The molecule has 2 aromatic rings. The predicted octanol–water partition coefficient (Wildman–Crippen LogP) is 2.50. The van der Waals surface area contributed by atoms with E-state index in [1.807, 2.05) is 19.1 Å². The third-order valence-electron chi connectivity index (χ3n) is 2.16. The molecule has 0 radical (unpaired) electrons. The van der Waals surface area contributed by atoms with Gasteiger partial charge in [-0.05, 0) is 35.0 Å². The van der Waals surface area contributed by atoms with Crippen molar-refractivity contribution in [1.29, 1.82) is 0 Å². The Morgan fingerprint density at radius 3 is 2.73 bits per heavy atom. The van der Waals surface area contributed by atoms with Gasteiger partial charge in [-0.15, -0.1) is 0 Å². The molecule has 1 atom stereocenters. The van der Waals surface area contributed by atoms with Gasteiger partial charge in [-0.1, -0.05) is 0 Å². The van der Waals surface area contributed by atoms with Crippen LogP contribution in [0, 0.1) is 6.92 Å². The standard InChI is InChI=1S/C10H11BrN2O2/c1-6-4-7(5-15-6)9(13-12)10-8(11)2-3-14-10/h2-5,9,13H,12H2,1H3. The Balaban J connectivity index is 2.36. The minimum atomic E-state index is -0.202. The average molecular weight is 271 g/mol. The van der Waals surface area contributed by atoms with E-state index in [0.717, 1.165) is 21.6 Å². The fourth-order valence-corrected chi connectivity index (χ4v) is 1.88. The van der Waals surface area contributed by atoms with Gasteiger partial charge >= 0.3 is 0 Å². The van der Waals surface area contributed by atoms with Crippen molar-refractivity contribution < 1.29 is 8.83 Å². The first kappa shape index (κ1) is 10.5. The lowest BCUT2D eigenvalue weighted by atomic mass is 10.1. The molecule has 0 amide bonds. The minimum absolute atomic E-state index is 0.202. The van der Waals surface area contributed by atoms with Crippen LogP contribution in [0.2, 0.25) is 0 Å². The largest absolute Gasteiger partial charge is 0.469 e. The molecule has 1 unspecified atom stereocenters. The summed E-state index contributed by atoms with van der Waals surface area (Å²) in [6.45, 7) is 1.88. The van der Waals surface area contributed by atoms with Crippen LogP contribution in [0.4, 0.5) is 0 Å². The highest BCUT2D eigenvalue weighted by atomic mass is 79.9. The molecule has 0 aliphatic heterocycles. The van der Waals surface area contributed by atoms with Gasteiger partial charge in [-0.25, -0.2) is 5.43 Å². The zero-order valence-electron chi connectivity index (χ0n) is 8.16. The van der Waals surface area contributed by atoms with Crippen LogP contribution in [-0.4, -0.2) is 0 Å². The van der Waals surface area contributed by atoms with Gasteiger partial charge in [0.1, 0.15) is 17.6 Å². The van der Waals surface area contributed by atoms with Gasteiger partial charge in [0.25, 0.3) is 0 Å². The van der Waals surface area contributed by atoms with Gasteiger partial charge in [0.15, 0.2) is 0 Å². The Kier molecular flexibility index (Phi) is 2.95. The molecule has 4 nitrogen and oxygen atoms in total. The van der Waals surface area contributed by atoms with Crippen molar-refractivity contribution in [3.8, 4) is 0 Å². The molecule has 3 N–H and O–H groups in total. The average Bonchev–Trinajstić information content (AvgIpc) is 2.79. The molecule has 80 valence electrons. The van der Waals surface area contributed by atoms with Crippen LogP contribution in [0.5, 0.6) is 0 Å². The number of hydrogen-bond donors (Lipinski definition) is 2. The number of aryl methyl sites for hydroxylation is 1. The Morgan fingerprint density at radius 2 is 2.27 bits per heavy atom. The number of nitrogens with two attached hydrogens (primary N) is 1. The summed E-state index contributed by atoms with van der Waals surface area (Å²) >= 11 is 3.39. The summed E-state index contributed by atoms with van der Waals surface area (Å²) in [5.41, 5.74) is 3.63. The van der Waals surface area contributed by atoms with E-state index < -0.39 is 0 Å². The van der Waals surface area contributed by atoms with E-state index in [0.29, 0.717) is 0 Å². The second-order valence-corrected chi connectivity index (χ2v) is 4.08. The first-order valence-corrected chi connectivity index (χ1v) is 5.25. The van der Waals surface area contributed by atoms with Crippen LogP contribution >= 0.6 is 15.9 Å². The third-order valence-corrected chi connectivity index (χ3v) is 2.81. The van der Waals surface area contributed by atoms with E-state index in [9.17, 15) is 0 Å². The van der Waals surface area contributed by atoms with Crippen molar-refractivity contribution in [2.45, 2.75) is 13.0 Å². The van der Waals surface area contributed by atoms with E-state index in [2.05, 4.69) is 21.4 Å². The second kappa shape index (κ2) is 4.22. The molecule has 0 bridgehead atoms. The molecule has 2 aromatic heterocycles. The van der Waals surface area contributed by atoms with E-state index in [1.165, 1.54) is 0 Å². The van der Waals surface area contributed by atoms with Crippen LogP contribution < -0.4 is 11.3 Å². The zero-order valence-corrected chi connectivity index (χ0v) is 9.74. The van der Waals surface area contributed by atoms with Gasteiger partial charge in [-0.2, -0.15) is 0 Å². The van der Waals surface area contributed by atoms with Gasteiger partial charge in [0, 0.05) is 5.56 Å². The van der Waals surface area contributed by atoms with Gasteiger partial charge in [0.05, 0.1) is 17.0 Å². The van der Waals surface area contributed by atoms with Crippen LogP contribution in [0.1, 0.15) is 23.1 Å². The molecule has 0 aliphatic carbocycles. The zero-order chi connectivity index (χ0) is 10.8. The fourth-order valence-electron chi connectivity index (χ4n) is 1.45. The Hall–Kier alpha value is -1.04. The first-order valence-electron chi connectivity index (χ1n) is 4.46. The van der Waals surface area contributed by atoms with E-state index in [4.69, 9.17) is 14.7 Å². The molecular formula is C10H11BrN2O2. The third kappa shape index (κ3) is 1.99. The Labute approximate surface area is 95.5 Å². The monoisotopic (exact) mass is 270 g/mol. The highest BCUT2D eigenvalue weighted by molar-refractivity contribution is 9.10. The van der Waals surface area contributed by atoms with Gasteiger partial charge in [-0.3, -0.25) is 5.84 Å². The van der Waals surface area contributed by atoms with Crippen molar-refractivity contribution in [1.82, 2.24) is 5.43 Å². The minimum Gasteiger partial charge on any atom is -0.469 e. The smallest absolute Gasteiger partial charge is 0.140 e. The van der Waals surface area contributed by atoms with Crippen molar-refractivity contribution in [2.75, 3.05) is 0 Å². The Bertz CT molecular complexity index is 450. The normalized spacial score (nSPS) is 13.0. The second-order valence-electron chi connectivity index (χ2n) is 3.22. The molecule has 2 heterocycles. The van der Waals surface area contributed by atoms with Crippen molar-refractivity contribution in [2.24, 2.45) is 5.84 Å². The van der Waals surface area contributed by atoms with E-state index in [-0.39, 0.29) is 6.04 Å². The lowest BCUT2D eigenvalue weighted by Gasteiger charge is -2.11.